The summed E-state index contributed by atoms with van der Waals surface area (Å²) in [6.45, 7) is 3.53. The van der Waals surface area contributed by atoms with Crippen molar-refractivity contribution in [3.63, 3.8) is 0 Å². The van der Waals surface area contributed by atoms with Gasteiger partial charge in [0, 0.05) is 13.1 Å². The van der Waals surface area contributed by atoms with E-state index in [1.807, 2.05) is 25.9 Å². The Hall–Kier alpha value is -1.30. The number of carboxylic acids is 1. The van der Waals surface area contributed by atoms with Crippen molar-refractivity contribution in [3.05, 3.63) is 0 Å². The van der Waals surface area contributed by atoms with Crippen LogP contribution in [0.3, 0.4) is 0 Å². The summed E-state index contributed by atoms with van der Waals surface area (Å²) in [5.74, 6) is -0.945. The molecule has 0 aromatic rings. The lowest BCUT2D eigenvalue weighted by atomic mass is 9.93. The van der Waals surface area contributed by atoms with E-state index in [-0.39, 0.29) is 18.2 Å². The molecule has 0 aromatic carbocycles. The molecular formula is C15H29N3O3. The predicted octanol–water partition coefficient (Wildman–Crippen LogP) is 2.05. The second kappa shape index (κ2) is 7.64. The highest BCUT2D eigenvalue weighted by atomic mass is 16.4. The molecule has 0 spiro atoms. The SMILES string of the molecule is CC(N(C)C)N(C)C(=O)N(C1CCCCC1)C(C)C(=O)O. The summed E-state index contributed by atoms with van der Waals surface area (Å²) in [5, 5.41) is 9.34. The number of hydrogen-bond donors (Lipinski definition) is 1. The van der Waals surface area contributed by atoms with Gasteiger partial charge in [0.15, 0.2) is 0 Å². The van der Waals surface area contributed by atoms with Crippen molar-refractivity contribution < 1.29 is 14.7 Å². The number of amides is 2. The van der Waals surface area contributed by atoms with Crippen molar-refractivity contribution in [2.24, 2.45) is 0 Å². The van der Waals surface area contributed by atoms with Crippen molar-refractivity contribution in [3.8, 4) is 0 Å². The number of rotatable bonds is 5. The molecular weight excluding hydrogens is 270 g/mol. The molecule has 6 nitrogen and oxygen atoms in total. The predicted molar refractivity (Wildman–Crippen MR) is 82.1 cm³/mol. The zero-order valence-electron chi connectivity index (χ0n) is 13.9. The summed E-state index contributed by atoms with van der Waals surface area (Å²) in [7, 11) is 5.54. The number of nitrogens with zero attached hydrogens (tertiary/aromatic N) is 3. The summed E-state index contributed by atoms with van der Waals surface area (Å²) in [5.41, 5.74) is 0. The average Bonchev–Trinajstić information content (AvgIpc) is 2.46. The minimum absolute atomic E-state index is 0.0363. The molecule has 0 aliphatic heterocycles. The summed E-state index contributed by atoms with van der Waals surface area (Å²) in [6, 6.07) is -0.954. The monoisotopic (exact) mass is 299 g/mol. The van der Waals surface area contributed by atoms with Gasteiger partial charge in [0.2, 0.25) is 0 Å². The van der Waals surface area contributed by atoms with Gasteiger partial charge in [0.05, 0.1) is 6.17 Å². The fraction of sp³-hybridized carbons (Fsp3) is 0.867. The highest BCUT2D eigenvalue weighted by Crippen LogP contribution is 2.25. The Bertz CT molecular complexity index is 367. The maximum absolute atomic E-state index is 12.8. The van der Waals surface area contributed by atoms with Gasteiger partial charge in [0.1, 0.15) is 6.04 Å². The topological polar surface area (TPSA) is 64.1 Å². The largest absolute Gasteiger partial charge is 0.480 e. The molecule has 0 saturated heterocycles. The third-order valence-electron chi connectivity index (χ3n) is 4.57. The van der Waals surface area contributed by atoms with Crippen LogP contribution in [0.5, 0.6) is 0 Å². The molecule has 1 aliphatic rings. The molecule has 0 radical (unpaired) electrons. The summed E-state index contributed by atoms with van der Waals surface area (Å²) < 4.78 is 0. The minimum atomic E-state index is -0.945. The molecule has 0 bridgehead atoms. The van der Waals surface area contributed by atoms with Gasteiger partial charge in [-0.05, 0) is 40.8 Å². The maximum Gasteiger partial charge on any atom is 0.326 e. The molecule has 1 aliphatic carbocycles. The number of carbonyl (C=O) groups is 2. The number of hydrogen-bond acceptors (Lipinski definition) is 3. The summed E-state index contributed by atoms with van der Waals surface area (Å²) in [4.78, 5) is 29.3. The number of carboxylic acid groups (broad SMARTS) is 1. The van der Waals surface area contributed by atoms with E-state index < -0.39 is 12.0 Å². The van der Waals surface area contributed by atoms with Crippen LogP contribution in [0.1, 0.15) is 46.0 Å². The Morgan fingerprint density at radius 2 is 1.57 bits per heavy atom. The summed E-state index contributed by atoms with van der Waals surface area (Å²) in [6.07, 6.45) is 5.01. The number of aliphatic carboxylic acids is 1. The van der Waals surface area contributed by atoms with Crippen molar-refractivity contribution in [2.75, 3.05) is 21.1 Å². The third-order valence-corrected chi connectivity index (χ3v) is 4.57. The number of urea groups is 1. The molecule has 1 rings (SSSR count). The second-order valence-electron chi connectivity index (χ2n) is 6.20. The fourth-order valence-electron chi connectivity index (χ4n) is 2.80. The maximum atomic E-state index is 12.8. The minimum Gasteiger partial charge on any atom is -0.480 e. The van der Waals surface area contributed by atoms with E-state index in [1.165, 1.54) is 6.42 Å². The Labute approximate surface area is 127 Å². The van der Waals surface area contributed by atoms with Crippen LogP contribution in [-0.4, -0.2) is 71.2 Å². The van der Waals surface area contributed by atoms with Crippen LogP contribution in [0.25, 0.3) is 0 Å². The first-order valence-electron chi connectivity index (χ1n) is 7.71. The molecule has 0 aromatic heterocycles. The van der Waals surface area contributed by atoms with Crippen LogP contribution < -0.4 is 0 Å². The van der Waals surface area contributed by atoms with E-state index in [0.717, 1.165) is 25.7 Å². The first-order chi connectivity index (χ1) is 9.77. The molecule has 1 fully saturated rings. The van der Waals surface area contributed by atoms with E-state index in [1.54, 1.807) is 23.8 Å². The van der Waals surface area contributed by atoms with Gasteiger partial charge in [0.25, 0.3) is 0 Å². The highest BCUT2D eigenvalue weighted by Gasteiger charge is 2.35. The van der Waals surface area contributed by atoms with Crippen LogP contribution in [0.2, 0.25) is 0 Å². The Morgan fingerprint density at radius 1 is 1.05 bits per heavy atom. The van der Waals surface area contributed by atoms with Gasteiger partial charge in [-0.25, -0.2) is 9.59 Å². The smallest absolute Gasteiger partial charge is 0.326 e. The molecule has 1 N–H and O–H groups in total. The van der Waals surface area contributed by atoms with Crippen LogP contribution >= 0.6 is 0 Å². The van der Waals surface area contributed by atoms with E-state index in [9.17, 15) is 14.7 Å². The molecule has 2 unspecified atom stereocenters. The van der Waals surface area contributed by atoms with Gasteiger partial charge < -0.3 is 14.9 Å². The Kier molecular flexibility index (Phi) is 6.45. The van der Waals surface area contributed by atoms with E-state index >= 15 is 0 Å². The van der Waals surface area contributed by atoms with Gasteiger partial charge in [-0.2, -0.15) is 0 Å². The fourth-order valence-corrected chi connectivity index (χ4v) is 2.80. The quantitative estimate of drug-likeness (QED) is 0.789. The molecule has 122 valence electrons. The van der Waals surface area contributed by atoms with Crippen molar-refractivity contribution in [1.29, 1.82) is 0 Å². The lowest BCUT2D eigenvalue weighted by Crippen LogP contribution is -2.57. The normalized spacial score (nSPS) is 19.1. The van der Waals surface area contributed by atoms with Crippen LogP contribution in [0.15, 0.2) is 0 Å². The molecule has 2 amide bonds. The highest BCUT2D eigenvalue weighted by molar-refractivity contribution is 5.82. The van der Waals surface area contributed by atoms with E-state index in [0.29, 0.717) is 0 Å². The van der Waals surface area contributed by atoms with E-state index in [2.05, 4.69) is 0 Å². The zero-order chi connectivity index (χ0) is 16.2. The lowest BCUT2D eigenvalue weighted by molar-refractivity contribution is -0.142. The molecule has 1 saturated carbocycles. The van der Waals surface area contributed by atoms with Crippen LogP contribution in [-0.2, 0) is 4.79 Å². The van der Waals surface area contributed by atoms with Crippen molar-refractivity contribution in [2.45, 2.75) is 64.2 Å². The third kappa shape index (κ3) is 4.33. The molecule has 0 heterocycles. The first-order valence-corrected chi connectivity index (χ1v) is 7.71. The first kappa shape index (κ1) is 17.8. The average molecular weight is 299 g/mol. The summed E-state index contributed by atoms with van der Waals surface area (Å²) >= 11 is 0. The molecule has 2 atom stereocenters. The van der Waals surface area contributed by atoms with Gasteiger partial charge in [-0.15, -0.1) is 0 Å². The van der Waals surface area contributed by atoms with Gasteiger partial charge >= 0.3 is 12.0 Å². The second-order valence-corrected chi connectivity index (χ2v) is 6.20. The lowest BCUT2D eigenvalue weighted by Gasteiger charge is -2.41. The Morgan fingerprint density at radius 3 is 2.00 bits per heavy atom. The van der Waals surface area contributed by atoms with Gasteiger partial charge in [-0.1, -0.05) is 19.3 Å². The molecule has 21 heavy (non-hydrogen) atoms. The van der Waals surface area contributed by atoms with E-state index in [4.69, 9.17) is 0 Å². The van der Waals surface area contributed by atoms with Crippen LogP contribution in [0.4, 0.5) is 4.79 Å². The number of carbonyl (C=O) groups excluding carboxylic acids is 1. The van der Waals surface area contributed by atoms with Crippen molar-refractivity contribution in [1.82, 2.24) is 14.7 Å². The van der Waals surface area contributed by atoms with Crippen LogP contribution in [0, 0.1) is 0 Å². The van der Waals surface area contributed by atoms with Gasteiger partial charge in [-0.3, -0.25) is 4.90 Å². The standard InChI is InChI=1S/C15H29N3O3/c1-11(14(19)20)18(13-9-7-6-8-10-13)15(21)17(5)12(2)16(3)4/h11-13H,6-10H2,1-5H3,(H,19,20). The zero-order valence-corrected chi connectivity index (χ0v) is 13.9. The molecule has 6 heteroatoms. The Balaban J connectivity index is 2.94. The van der Waals surface area contributed by atoms with Crippen molar-refractivity contribution >= 4 is 12.0 Å².